The number of nitrogens with zero attached hydrogens (tertiary/aromatic N) is 2. The molecule has 0 saturated heterocycles. The van der Waals surface area contributed by atoms with Crippen molar-refractivity contribution in [3.63, 3.8) is 0 Å². The molecule has 1 aliphatic heterocycles. The minimum atomic E-state index is -0.635. The number of allylic oxidation sites excluding steroid dienone is 1. The van der Waals surface area contributed by atoms with Crippen LogP contribution in [0.15, 0.2) is 88.3 Å². The predicted molar refractivity (Wildman–Crippen MR) is 124 cm³/mol. The summed E-state index contributed by atoms with van der Waals surface area (Å²) in [6.45, 7) is 5.44. The summed E-state index contributed by atoms with van der Waals surface area (Å²) in [6, 6.07) is 16.3. The van der Waals surface area contributed by atoms with Crippen LogP contribution in [0.3, 0.4) is 0 Å². The van der Waals surface area contributed by atoms with Gasteiger partial charge in [-0.15, -0.1) is 0 Å². The second kappa shape index (κ2) is 9.20. The van der Waals surface area contributed by atoms with E-state index in [2.05, 4.69) is 11.6 Å². The highest BCUT2D eigenvalue weighted by Gasteiger charge is 2.33. The lowest BCUT2D eigenvalue weighted by atomic mass is 9.96. The Morgan fingerprint density at radius 1 is 1.19 bits per heavy atom. The molecule has 32 heavy (non-hydrogen) atoms. The third-order valence-corrected chi connectivity index (χ3v) is 6.10. The van der Waals surface area contributed by atoms with Gasteiger partial charge in [-0.05, 0) is 24.6 Å². The van der Waals surface area contributed by atoms with Crippen molar-refractivity contribution < 1.29 is 14.3 Å². The van der Waals surface area contributed by atoms with Gasteiger partial charge in [0.25, 0.3) is 5.56 Å². The number of carbonyl (C=O) groups excluding carboxylic acids is 1. The minimum absolute atomic E-state index is 0.0787. The molecule has 1 aromatic heterocycles. The molecule has 1 atom stereocenters. The molecule has 1 aliphatic rings. The van der Waals surface area contributed by atoms with Crippen molar-refractivity contribution in [1.29, 1.82) is 0 Å². The number of thiazole rings is 1. The Labute approximate surface area is 189 Å². The lowest BCUT2D eigenvalue weighted by Crippen LogP contribution is -2.39. The predicted octanol–water partition coefficient (Wildman–Crippen LogP) is 2.97. The molecular formula is C25H22N2O4S. The SMILES string of the molecule is C=CCOC(=O)C1=C(C)N=c2sc(=Cc3ccccc3OC)c(=O)n2[C@@H]1c1ccccc1. The fourth-order valence-electron chi connectivity index (χ4n) is 3.67. The summed E-state index contributed by atoms with van der Waals surface area (Å²) >= 11 is 1.28. The van der Waals surface area contributed by atoms with E-state index in [1.807, 2.05) is 54.6 Å². The Kier molecular flexibility index (Phi) is 6.18. The van der Waals surface area contributed by atoms with Crippen LogP contribution in [0.4, 0.5) is 0 Å². The Hall–Kier alpha value is -3.71. The number of rotatable bonds is 6. The topological polar surface area (TPSA) is 69.9 Å². The number of hydrogen-bond acceptors (Lipinski definition) is 6. The number of benzene rings is 2. The molecule has 0 amide bonds. The van der Waals surface area contributed by atoms with Gasteiger partial charge in [-0.3, -0.25) is 9.36 Å². The molecule has 4 rings (SSSR count). The lowest BCUT2D eigenvalue weighted by Gasteiger charge is -2.24. The number of para-hydroxylation sites is 1. The van der Waals surface area contributed by atoms with E-state index in [0.717, 1.165) is 11.1 Å². The Balaban J connectivity index is 1.94. The van der Waals surface area contributed by atoms with Crippen LogP contribution in [0, 0.1) is 0 Å². The van der Waals surface area contributed by atoms with Gasteiger partial charge in [-0.25, -0.2) is 9.79 Å². The average Bonchev–Trinajstić information content (AvgIpc) is 3.11. The first-order valence-corrected chi connectivity index (χ1v) is 10.9. The zero-order valence-corrected chi connectivity index (χ0v) is 18.6. The molecule has 6 nitrogen and oxygen atoms in total. The first-order chi connectivity index (χ1) is 15.5. The van der Waals surface area contributed by atoms with Crippen LogP contribution in [0.2, 0.25) is 0 Å². The standard InChI is InChI=1S/C25H22N2O4S/c1-4-14-31-24(29)21-16(2)26-25-27(22(21)17-10-6-5-7-11-17)23(28)20(32-25)15-18-12-8-9-13-19(18)30-3/h4-13,15,22H,1,14H2,2-3H3/t22-/m1/s1. The molecule has 3 aromatic rings. The van der Waals surface area contributed by atoms with Crippen molar-refractivity contribution in [1.82, 2.24) is 4.57 Å². The average molecular weight is 447 g/mol. The lowest BCUT2D eigenvalue weighted by molar-refractivity contribution is -0.138. The van der Waals surface area contributed by atoms with Crippen molar-refractivity contribution in [2.45, 2.75) is 13.0 Å². The maximum absolute atomic E-state index is 13.5. The molecule has 0 fully saturated rings. The van der Waals surface area contributed by atoms with Gasteiger partial charge in [0.15, 0.2) is 4.80 Å². The van der Waals surface area contributed by atoms with Crippen molar-refractivity contribution in [2.24, 2.45) is 4.99 Å². The normalized spacial score (nSPS) is 15.7. The zero-order chi connectivity index (χ0) is 22.7. The number of esters is 1. The summed E-state index contributed by atoms with van der Waals surface area (Å²) in [4.78, 5) is 31.6. The van der Waals surface area contributed by atoms with Crippen molar-refractivity contribution in [3.8, 4) is 5.75 Å². The fraction of sp³-hybridized carbons (Fsp3) is 0.160. The molecule has 2 aromatic carbocycles. The Bertz CT molecular complexity index is 1380. The van der Waals surface area contributed by atoms with Gasteiger partial charge in [-0.1, -0.05) is 72.5 Å². The summed E-state index contributed by atoms with van der Waals surface area (Å²) in [6.07, 6.45) is 3.30. The fourth-order valence-corrected chi connectivity index (χ4v) is 4.71. The van der Waals surface area contributed by atoms with Crippen LogP contribution < -0.4 is 19.6 Å². The molecule has 0 bridgehead atoms. The van der Waals surface area contributed by atoms with Gasteiger partial charge in [0.2, 0.25) is 0 Å². The summed E-state index contributed by atoms with van der Waals surface area (Å²) in [7, 11) is 1.59. The van der Waals surface area contributed by atoms with Gasteiger partial charge in [0, 0.05) is 5.56 Å². The smallest absolute Gasteiger partial charge is 0.338 e. The molecule has 2 heterocycles. The van der Waals surface area contributed by atoms with Gasteiger partial charge in [0.1, 0.15) is 12.4 Å². The number of aromatic nitrogens is 1. The summed E-state index contributed by atoms with van der Waals surface area (Å²) in [5.41, 5.74) is 2.23. The van der Waals surface area contributed by atoms with Crippen LogP contribution in [-0.2, 0) is 9.53 Å². The first kappa shape index (κ1) is 21.5. The number of hydrogen-bond donors (Lipinski definition) is 0. The van der Waals surface area contributed by atoms with E-state index >= 15 is 0 Å². The Morgan fingerprint density at radius 3 is 2.62 bits per heavy atom. The van der Waals surface area contributed by atoms with Gasteiger partial charge in [0.05, 0.1) is 29.0 Å². The quantitative estimate of drug-likeness (QED) is 0.431. The van der Waals surface area contributed by atoms with Crippen molar-refractivity contribution >= 4 is 23.4 Å². The monoisotopic (exact) mass is 446 g/mol. The van der Waals surface area contributed by atoms with Crippen LogP contribution in [-0.4, -0.2) is 24.3 Å². The number of ether oxygens (including phenoxy) is 2. The Morgan fingerprint density at radius 2 is 1.91 bits per heavy atom. The number of carbonyl (C=O) groups is 1. The largest absolute Gasteiger partial charge is 0.496 e. The number of fused-ring (bicyclic) bond motifs is 1. The van der Waals surface area contributed by atoms with E-state index in [1.54, 1.807) is 24.7 Å². The maximum Gasteiger partial charge on any atom is 0.338 e. The second-order valence-corrected chi connectivity index (χ2v) is 8.13. The molecule has 0 aliphatic carbocycles. The zero-order valence-electron chi connectivity index (χ0n) is 17.8. The molecule has 0 N–H and O–H groups in total. The van der Waals surface area contributed by atoms with Crippen molar-refractivity contribution in [3.05, 3.63) is 109 Å². The summed E-state index contributed by atoms with van der Waals surface area (Å²) in [5, 5.41) is 0. The highest BCUT2D eigenvalue weighted by Crippen LogP contribution is 2.30. The highest BCUT2D eigenvalue weighted by atomic mass is 32.1. The van der Waals surface area contributed by atoms with E-state index in [-0.39, 0.29) is 12.2 Å². The molecule has 162 valence electrons. The molecular weight excluding hydrogens is 424 g/mol. The van der Waals surface area contributed by atoms with Gasteiger partial charge in [-0.2, -0.15) is 0 Å². The minimum Gasteiger partial charge on any atom is -0.496 e. The molecule has 0 spiro atoms. The van der Waals surface area contributed by atoms with Crippen LogP contribution >= 0.6 is 11.3 Å². The summed E-state index contributed by atoms with van der Waals surface area (Å²) < 4.78 is 12.8. The second-order valence-electron chi connectivity index (χ2n) is 7.12. The molecule has 0 radical (unpaired) electrons. The third-order valence-electron chi connectivity index (χ3n) is 5.11. The number of methoxy groups -OCH3 is 1. The van der Waals surface area contributed by atoms with Gasteiger partial charge >= 0.3 is 5.97 Å². The van der Waals surface area contributed by atoms with E-state index in [4.69, 9.17) is 9.47 Å². The van der Waals surface area contributed by atoms with Crippen LogP contribution in [0.1, 0.15) is 24.1 Å². The summed E-state index contributed by atoms with van der Waals surface area (Å²) in [5.74, 6) is 0.154. The van der Waals surface area contributed by atoms with Crippen LogP contribution in [0.5, 0.6) is 5.75 Å². The van der Waals surface area contributed by atoms with Crippen molar-refractivity contribution in [2.75, 3.05) is 13.7 Å². The van der Waals surface area contributed by atoms with Crippen LogP contribution in [0.25, 0.3) is 6.08 Å². The van der Waals surface area contributed by atoms with E-state index in [1.165, 1.54) is 17.4 Å². The molecule has 7 heteroatoms. The maximum atomic E-state index is 13.5. The molecule has 0 unspecified atom stereocenters. The third kappa shape index (κ3) is 3.94. The van der Waals surface area contributed by atoms with E-state index in [9.17, 15) is 9.59 Å². The first-order valence-electron chi connectivity index (χ1n) is 10.0. The highest BCUT2D eigenvalue weighted by molar-refractivity contribution is 7.07. The van der Waals surface area contributed by atoms with E-state index < -0.39 is 12.0 Å². The van der Waals surface area contributed by atoms with Gasteiger partial charge < -0.3 is 9.47 Å². The van der Waals surface area contributed by atoms with E-state index in [0.29, 0.717) is 26.4 Å². The molecule has 0 saturated carbocycles.